The van der Waals surface area contributed by atoms with Crippen LogP contribution in [0.1, 0.15) is 21.5 Å². The molecule has 0 saturated heterocycles. The van der Waals surface area contributed by atoms with Crippen LogP contribution < -0.4 is 9.62 Å². The average Bonchev–Trinajstić information content (AvgIpc) is 3.30. The number of hydrogen-bond acceptors (Lipinski definition) is 4. The molecular formula is C31H27FN2O4S. The van der Waals surface area contributed by atoms with Crippen molar-refractivity contribution in [3.63, 3.8) is 0 Å². The Kier molecular flexibility index (Phi) is 6.97. The Bertz CT molecular complexity index is 1780. The van der Waals surface area contributed by atoms with Gasteiger partial charge in [0, 0.05) is 35.2 Å². The van der Waals surface area contributed by atoms with Gasteiger partial charge in [0.2, 0.25) is 10.0 Å². The van der Waals surface area contributed by atoms with Crippen LogP contribution in [0.25, 0.3) is 33.4 Å². The van der Waals surface area contributed by atoms with Crippen LogP contribution in [-0.2, 0) is 16.6 Å². The van der Waals surface area contributed by atoms with Gasteiger partial charge in [-0.05, 0) is 24.6 Å². The standard InChI is InChI=1S/C31H27FN2O4S/c1-20-13-15-22(16-14-20)30-29(31(35)33-2)25-17-24(21-9-5-4-6-10-21)27(18-28(25)38-30)34(39(3,36)37)19-23-11-7-8-12-26(23)32/h4-18H,19H2,1-3H3,(H,33,35). The predicted octanol–water partition coefficient (Wildman–Crippen LogP) is 6.54. The molecule has 0 bridgehead atoms. The van der Waals surface area contributed by atoms with Crippen LogP contribution in [0.2, 0.25) is 0 Å². The number of carbonyl (C=O) groups excluding carboxylic acids is 1. The zero-order valence-corrected chi connectivity index (χ0v) is 22.6. The van der Waals surface area contributed by atoms with E-state index in [1.54, 1.807) is 37.4 Å². The quantitative estimate of drug-likeness (QED) is 0.253. The van der Waals surface area contributed by atoms with Crippen molar-refractivity contribution in [1.82, 2.24) is 5.32 Å². The Hall–Kier alpha value is -4.43. The second-order valence-corrected chi connectivity index (χ2v) is 11.3. The van der Waals surface area contributed by atoms with E-state index in [-0.39, 0.29) is 18.0 Å². The molecule has 0 saturated carbocycles. The molecule has 1 amide bonds. The van der Waals surface area contributed by atoms with Gasteiger partial charge in [0.25, 0.3) is 5.91 Å². The number of aryl methyl sites for hydroxylation is 1. The molecule has 5 rings (SSSR count). The number of furan rings is 1. The van der Waals surface area contributed by atoms with Crippen LogP contribution in [-0.4, -0.2) is 27.6 Å². The third-order valence-corrected chi connectivity index (χ3v) is 7.73. The van der Waals surface area contributed by atoms with Gasteiger partial charge in [-0.2, -0.15) is 0 Å². The predicted molar refractivity (Wildman–Crippen MR) is 153 cm³/mol. The second-order valence-electron chi connectivity index (χ2n) is 9.34. The summed E-state index contributed by atoms with van der Waals surface area (Å²) in [5, 5.41) is 3.23. The number of nitrogens with one attached hydrogen (secondary N) is 1. The van der Waals surface area contributed by atoms with Gasteiger partial charge in [-0.15, -0.1) is 0 Å². The summed E-state index contributed by atoms with van der Waals surface area (Å²) in [7, 11) is -2.32. The highest BCUT2D eigenvalue weighted by Crippen LogP contribution is 2.42. The largest absolute Gasteiger partial charge is 0.455 e. The molecule has 1 heterocycles. The molecule has 8 heteroatoms. The molecule has 39 heavy (non-hydrogen) atoms. The van der Waals surface area contributed by atoms with Crippen molar-refractivity contribution in [2.75, 3.05) is 17.6 Å². The molecule has 0 fully saturated rings. The lowest BCUT2D eigenvalue weighted by molar-refractivity contribution is 0.0964. The average molecular weight is 543 g/mol. The van der Waals surface area contributed by atoms with E-state index in [0.29, 0.717) is 39.1 Å². The molecule has 1 N–H and O–H groups in total. The molecule has 0 spiro atoms. The van der Waals surface area contributed by atoms with Crippen molar-refractivity contribution in [2.24, 2.45) is 0 Å². The Labute approximate surface area is 226 Å². The molecule has 4 aromatic carbocycles. The number of halogens is 1. The van der Waals surface area contributed by atoms with E-state index in [0.717, 1.165) is 17.4 Å². The van der Waals surface area contributed by atoms with Gasteiger partial charge in [-0.1, -0.05) is 78.4 Å². The number of amides is 1. The molecule has 0 unspecified atom stereocenters. The normalized spacial score (nSPS) is 11.5. The van der Waals surface area contributed by atoms with Gasteiger partial charge >= 0.3 is 0 Å². The fraction of sp³-hybridized carbons (Fsp3) is 0.129. The van der Waals surface area contributed by atoms with E-state index in [4.69, 9.17) is 4.42 Å². The molecule has 1 aromatic heterocycles. The van der Waals surface area contributed by atoms with Crippen LogP contribution in [0.3, 0.4) is 0 Å². The first-order chi connectivity index (χ1) is 18.7. The summed E-state index contributed by atoms with van der Waals surface area (Å²) in [6.07, 6.45) is 1.09. The maximum absolute atomic E-state index is 14.6. The summed E-state index contributed by atoms with van der Waals surface area (Å²) in [6.45, 7) is 1.75. The fourth-order valence-electron chi connectivity index (χ4n) is 4.61. The number of sulfonamides is 1. The van der Waals surface area contributed by atoms with Crippen LogP contribution in [0, 0.1) is 12.7 Å². The first-order valence-corrected chi connectivity index (χ1v) is 14.2. The summed E-state index contributed by atoms with van der Waals surface area (Å²) < 4.78 is 48.4. The zero-order valence-electron chi connectivity index (χ0n) is 21.7. The van der Waals surface area contributed by atoms with Gasteiger partial charge in [0.15, 0.2) is 0 Å². The SMILES string of the molecule is CNC(=O)c1c(-c2ccc(C)cc2)oc2cc(N(Cc3ccccc3F)S(C)(=O)=O)c(-c3ccccc3)cc12. The Morgan fingerprint density at radius 2 is 1.59 bits per heavy atom. The van der Waals surface area contributed by atoms with Crippen LogP contribution in [0.5, 0.6) is 0 Å². The minimum Gasteiger partial charge on any atom is -0.455 e. The maximum Gasteiger partial charge on any atom is 0.255 e. The number of nitrogens with zero attached hydrogens (tertiary/aromatic N) is 1. The highest BCUT2D eigenvalue weighted by Gasteiger charge is 2.28. The highest BCUT2D eigenvalue weighted by atomic mass is 32.2. The van der Waals surface area contributed by atoms with Gasteiger partial charge in [0.05, 0.1) is 24.1 Å². The molecule has 0 aliphatic rings. The number of fused-ring (bicyclic) bond motifs is 1. The number of benzene rings is 4. The molecule has 0 atom stereocenters. The number of carbonyl (C=O) groups is 1. The topological polar surface area (TPSA) is 79.6 Å². The minimum absolute atomic E-state index is 0.218. The Morgan fingerprint density at radius 3 is 2.23 bits per heavy atom. The molecular weight excluding hydrogens is 515 g/mol. The van der Waals surface area contributed by atoms with E-state index in [1.165, 1.54) is 10.4 Å². The first kappa shape index (κ1) is 26.2. The van der Waals surface area contributed by atoms with Gasteiger partial charge in [-0.3, -0.25) is 9.10 Å². The summed E-state index contributed by atoms with van der Waals surface area (Å²) in [5.74, 6) is -0.460. The van der Waals surface area contributed by atoms with Gasteiger partial charge in [0.1, 0.15) is 17.2 Å². The van der Waals surface area contributed by atoms with E-state index in [9.17, 15) is 17.6 Å². The van der Waals surface area contributed by atoms with Crippen molar-refractivity contribution >= 4 is 32.6 Å². The monoisotopic (exact) mass is 542 g/mol. The van der Waals surface area contributed by atoms with E-state index in [1.807, 2.05) is 61.5 Å². The summed E-state index contributed by atoms with van der Waals surface area (Å²) in [4.78, 5) is 13.1. The maximum atomic E-state index is 14.6. The van der Waals surface area contributed by atoms with Crippen molar-refractivity contribution in [2.45, 2.75) is 13.5 Å². The zero-order chi connectivity index (χ0) is 27.7. The van der Waals surface area contributed by atoms with Crippen LogP contribution in [0.4, 0.5) is 10.1 Å². The van der Waals surface area contributed by atoms with Crippen LogP contribution in [0.15, 0.2) is 95.4 Å². The lowest BCUT2D eigenvalue weighted by Gasteiger charge is -2.25. The summed E-state index contributed by atoms with van der Waals surface area (Å²) >= 11 is 0. The number of hydrogen-bond donors (Lipinski definition) is 1. The smallest absolute Gasteiger partial charge is 0.255 e. The van der Waals surface area contributed by atoms with Gasteiger partial charge in [-0.25, -0.2) is 12.8 Å². The Balaban J connectivity index is 1.82. The fourth-order valence-corrected chi connectivity index (χ4v) is 5.49. The summed E-state index contributed by atoms with van der Waals surface area (Å²) in [5.41, 5.74) is 4.29. The molecule has 0 radical (unpaired) electrons. The van der Waals surface area contributed by atoms with Crippen LogP contribution >= 0.6 is 0 Å². The van der Waals surface area contributed by atoms with Gasteiger partial charge < -0.3 is 9.73 Å². The molecule has 0 aliphatic carbocycles. The van der Waals surface area contributed by atoms with E-state index in [2.05, 4.69) is 5.32 Å². The Morgan fingerprint density at radius 1 is 0.923 bits per heavy atom. The van der Waals surface area contributed by atoms with Crippen molar-refractivity contribution < 1.29 is 22.0 Å². The van der Waals surface area contributed by atoms with E-state index < -0.39 is 15.8 Å². The van der Waals surface area contributed by atoms with Crippen molar-refractivity contribution in [3.8, 4) is 22.5 Å². The lowest BCUT2D eigenvalue weighted by atomic mass is 9.98. The van der Waals surface area contributed by atoms with E-state index >= 15 is 0 Å². The second kappa shape index (κ2) is 10.4. The molecule has 198 valence electrons. The third kappa shape index (κ3) is 5.15. The minimum atomic E-state index is -3.87. The number of rotatable bonds is 7. The van der Waals surface area contributed by atoms with Crippen molar-refractivity contribution in [1.29, 1.82) is 0 Å². The first-order valence-electron chi connectivity index (χ1n) is 12.3. The number of anilines is 1. The highest BCUT2D eigenvalue weighted by molar-refractivity contribution is 7.92. The molecule has 6 nitrogen and oxygen atoms in total. The lowest BCUT2D eigenvalue weighted by Crippen LogP contribution is -2.30. The molecule has 5 aromatic rings. The third-order valence-electron chi connectivity index (χ3n) is 6.60. The summed E-state index contributed by atoms with van der Waals surface area (Å²) in [6, 6.07) is 26.3. The van der Waals surface area contributed by atoms with Crippen molar-refractivity contribution in [3.05, 3.63) is 114 Å². The molecule has 0 aliphatic heterocycles.